The van der Waals surface area contributed by atoms with Crippen molar-refractivity contribution in [1.29, 1.82) is 0 Å². The van der Waals surface area contributed by atoms with Gasteiger partial charge in [-0.1, -0.05) is 11.3 Å². The van der Waals surface area contributed by atoms with Crippen LogP contribution in [0.25, 0.3) is 21.7 Å². The zero-order valence-electron chi connectivity index (χ0n) is 12.2. The Morgan fingerprint density at radius 2 is 1.70 bits per heavy atom. The van der Waals surface area contributed by atoms with Gasteiger partial charge in [0.05, 0.1) is 22.6 Å². The number of thiazole rings is 1. The second-order valence-corrected chi connectivity index (χ2v) is 5.79. The molecule has 2 N–H and O–H groups in total. The molecule has 0 atom stereocenters. The molecule has 116 valence electrons. The summed E-state index contributed by atoms with van der Waals surface area (Å²) >= 11 is 1.35. The molecule has 1 aromatic heterocycles. The molecule has 0 amide bonds. The Balaban J connectivity index is 2.04. The Kier molecular flexibility index (Phi) is 3.94. The highest BCUT2D eigenvalue weighted by atomic mass is 32.1. The summed E-state index contributed by atoms with van der Waals surface area (Å²) in [5.41, 5.74) is 8.42. The molecule has 0 unspecified atom stereocenters. The molecule has 0 saturated carbocycles. The average molecular weight is 327 g/mol. The van der Waals surface area contributed by atoms with Gasteiger partial charge in [-0.25, -0.2) is 4.98 Å². The minimum Gasteiger partial charge on any atom is -0.497 e. The number of nitrogens with two attached hydrogens (primary N) is 1. The van der Waals surface area contributed by atoms with Crippen molar-refractivity contribution >= 4 is 22.2 Å². The lowest BCUT2D eigenvalue weighted by atomic mass is 10.1. The number of hydrogen-bond acceptors (Lipinski definition) is 6. The fraction of sp³-hybridized carbons (Fsp3) is 0.0625. The number of nitro groups is 1. The zero-order chi connectivity index (χ0) is 16.4. The molecule has 1 heterocycles. The van der Waals surface area contributed by atoms with Crippen molar-refractivity contribution in [1.82, 2.24) is 4.98 Å². The van der Waals surface area contributed by atoms with Crippen molar-refractivity contribution in [2.45, 2.75) is 0 Å². The number of non-ortho nitro benzene ring substituents is 1. The molecule has 0 aliphatic carbocycles. The van der Waals surface area contributed by atoms with E-state index in [-0.39, 0.29) is 5.69 Å². The molecule has 0 aliphatic heterocycles. The van der Waals surface area contributed by atoms with Gasteiger partial charge in [-0.3, -0.25) is 10.1 Å². The van der Waals surface area contributed by atoms with E-state index in [1.807, 2.05) is 24.3 Å². The summed E-state index contributed by atoms with van der Waals surface area (Å²) in [5.74, 6) is 0.758. The molecule has 23 heavy (non-hydrogen) atoms. The maximum Gasteiger partial charge on any atom is 0.269 e. The lowest BCUT2D eigenvalue weighted by Crippen LogP contribution is -1.88. The van der Waals surface area contributed by atoms with Gasteiger partial charge in [-0.15, -0.1) is 0 Å². The molecule has 3 aromatic rings. The number of rotatable bonds is 4. The molecular formula is C16H13N3O3S. The van der Waals surface area contributed by atoms with E-state index >= 15 is 0 Å². The maximum absolute atomic E-state index is 10.8. The van der Waals surface area contributed by atoms with Gasteiger partial charge in [-0.2, -0.15) is 0 Å². The Hall–Kier alpha value is -2.93. The Labute approximate surface area is 136 Å². The molecule has 0 bridgehead atoms. The summed E-state index contributed by atoms with van der Waals surface area (Å²) in [6, 6.07) is 13.9. The zero-order valence-corrected chi connectivity index (χ0v) is 13.0. The molecule has 3 rings (SSSR count). The number of benzene rings is 2. The van der Waals surface area contributed by atoms with Gasteiger partial charge in [0, 0.05) is 17.7 Å². The van der Waals surface area contributed by atoms with Gasteiger partial charge in [0.15, 0.2) is 5.13 Å². The van der Waals surface area contributed by atoms with Crippen molar-refractivity contribution in [2.75, 3.05) is 12.8 Å². The van der Waals surface area contributed by atoms with Crippen LogP contribution in [0.15, 0.2) is 48.5 Å². The van der Waals surface area contributed by atoms with Crippen LogP contribution in [0.4, 0.5) is 10.8 Å². The molecule has 0 radical (unpaired) electrons. The van der Waals surface area contributed by atoms with E-state index in [1.165, 1.54) is 23.5 Å². The smallest absolute Gasteiger partial charge is 0.269 e. The topological polar surface area (TPSA) is 91.3 Å². The van der Waals surface area contributed by atoms with Crippen LogP contribution in [-0.2, 0) is 0 Å². The summed E-state index contributed by atoms with van der Waals surface area (Å²) in [5, 5.41) is 11.2. The Morgan fingerprint density at radius 3 is 2.26 bits per heavy atom. The van der Waals surface area contributed by atoms with E-state index < -0.39 is 4.92 Å². The first kappa shape index (κ1) is 15.0. The summed E-state index contributed by atoms with van der Waals surface area (Å²) in [6.07, 6.45) is 0. The van der Waals surface area contributed by atoms with Gasteiger partial charge in [0.1, 0.15) is 5.75 Å². The van der Waals surface area contributed by atoms with E-state index in [0.717, 1.165) is 27.4 Å². The highest BCUT2D eigenvalue weighted by molar-refractivity contribution is 7.19. The first-order valence-corrected chi connectivity index (χ1v) is 7.55. The highest BCUT2D eigenvalue weighted by Crippen LogP contribution is 2.38. The Bertz CT molecular complexity index is 842. The highest BCUT2D eigenvalue weighted by Gasteiger charge is 2.15. The van der Waals surface area contributed by atoms with Gasteiger partial charge < -0.3 is 10.5 Å². The normalized spacial score (nSPS) is 10.5. The lowest BCUT2D eigenvalue weighted by molar-refractivity contribution is -0.384. The fourth-order valence-electron chi connectivity index (χ4n) is 2.21. The lowest BCUT2D eigenvalue weighted by Gasteiger charge is -2.04. The fourth-order valence-corrected chi connectivity index (χ4v) is 3.07. The molecule has 0 fully saturated rings. The van der Waals surface area contributed by atoms with E-state index in [2.05, 4.69) is 4.98 Å². The first-order valence-electron chi connectivity index (χ1n) is 6.74. The van der Waals surface area contributed by atoms with Crippen LogP contribution in [-0.4, -0.2) is 17.0 Å². The third-order valence-corrected chi connectivity index (χ3v) is 4.28. The standard InChI is InChI=1S/C16H13N3O3S/c1-22-13-8-4-10(5-9-13)14-15(23-16(17)18-14)11-2-6-12(7-3-11)19(20)21/h2-9H,1H3,(H2,17,18). The molecule has 0 aliphatic rings. The van der Waals surface area contributed by atoms with E-state index in [9.17, 15) is 10.1 Å². The van der Waals surface area contributed by atoms with Crippen LogP contribution < -0.4 is 10.5 Å². The van der Waals surface area contributed by atoms with Crippen LogP contribution in [0, 0.1) is 10.1 Å². The third-order valence-electron chi connectivity index (χ3n) is 3.35. The quantitative estimate of drug-likeness (QED) is 0.578. The van der Waals surface area contributed by atoms with Gasteiger partial charge in [0.25, 0.3) is 5.69 Å². The molecule has 2 aromatic carbocycles. The molecule has 0 saturated heterocycles. The van der Waals surface area contributed by atoms with Crippen molar-refractivity contribution in [2.24, 2.45) is 0 Å². The summed E-state index contributed by atoms with van der Waals surface area (Å²) in [4.78, 5) is 15.6. The van der Waals surface area contributed by atoms with E-state index in [1.54, 1.807) is 19.2 Å². The van der Waals surface area contributed by atoms with Crippen molar-refractivity contribution in [3.8, 4) is 27.4 Å². The van der Waals surface area contributed by atoms with Gasteiger partial charge in [-0.05, 0) is 42.0 Å². The predicted molar refractivity (Wildman–Crippen MR) is 90.6 cm³/mol. The number of anilines is 1. The molecule has 6 nitrogen and oxygen atoms in total. The van der Waals surface area contributed by atoms with Gasteiger partial charge >= 0.3 is 0 Å². The SMILES string of the molecule is COc1ccc(-c2nc(N)sc2-c2ccc([N+](=O)[O-])cc2)cc1. The summed E-state index contributed by atoms with van der Waals surface area (Å²) < 4.78 is 5.15. The largest absolute Gasteiger partial charge is 0.497 e. The number of nitrogens with zero attached hydrogens (tertiary/aromatic N) is 2. The first-order chi connectivity index (χ1) is 11.1. The van der Waals surface area contributed by atoms with Crippen LogP contribution >= 0.6 is 11.3 Å². The average Bonchev–Trinajstić information content (AvgIpc) is 2.97. The minimum atomic E-state index is -0.421. The number of nitrogen functional groups attached to an aromatic ring is 1. The van der Waals surface area contributed by atoms with Crippen molar-refractivity contribution in [3.05, 3.63) is 58.6 Å². The van der Waals surface area contributed by atoms with Crippen LogP contribution in [0.1, 0.15) is 0 Å². The predicted octanol–water partition coefficient (Wildman–Crippen LogP) is 3.98. The molecular weight excluding hydrogens is 314 g/mol. The number of nitro benzene ring substituents is 1. The van der Waals surface area contributed by atoms with Crippen molar-refractivity contribution < 1.29 is 9.66 Å². The summed E-state index contributed by atoms with van der Waals surface area (Å²) in [6.45, 7) is 0. The van der Waals surface area contributed by atoms with E-state index in [0.29, 0.717) is 5.13 Å². The van der Waals surface area contributed by atoms with Crippen LogP contribution in [0.2, 0.25) is 0 Å². The van der Waals surface area contributed by atoms with Crippen LogP contribution in [0.5, 0.6) is 5.75 Å². The molecule has 7 heteroatoms. The number of hydrogen-bond donors (Lipinski definition) is 1. The van der Waals surface area contributed by atoms with Crippen LogP contribution in [0.3, 0.4) is 0 Å². The Morgan fingerprint density at radius 1 is 1.09 bits per heavy atom. The number of methoxy groups -OCH3 is 1. The summed E-state index contributed by atoms with van der Waals surface area (Å²) in [7, 11) is 1.61. The minimum absolute atomic E-state index is 0.0530. The number of ether oxygens (including phenoxy) is 1. The third kappa shape index (κ3) is 3.00. The maximum atomic E-state index is 10.8. The van der Waals surface area contributed by atoms with Crippen molar-refractivity contribution in [3.63, 3.8) is 0 Å². The number of aromatic nitrogens is 1. The second kappa shape index (κ2) is 6.05. The monoisotopic (exact) mass is 327 g/mol. The molecule has 0 spiro atoms. The van der Waals surface area contributed by atoms with Gasteiger partial charge in [0.2, 0.25) is 0 Å². The van der Waals surface area contributed by atoms with E-state index in [4.69, 9.17) is 10.5 Å². The second-order valence-electron chi connectivity index (χ2n) is 4.76.